The van der Waals surface area contributed by atoms with E-state index in [1.165, 1.54) is 11.8 Å². The van der Waals surface area contributed by atoms with Gasteiger partial charge in [-0.1, -0.05) is 11.8 Å². The summed E-state index contributed by atoms with van der Waals surface area (Å²) in [5, 5.41) is 9.53. The summed E-state index contributed by atoms with van der Waals surface area (Å²) >= 11 is 1.47. The number of aromatic nitrogens is 4. The molecular formula is C18H23N5O2S. The number of ether oxygens (including phenoxy) is 1. The van der Waals surface area contributed by atoms with Crippen molar-refractivity contribution >= 4 is 17.7 Å². The maximum Gasteiger partial charge on any atom is 0.233 e. The SMILES string of the molecule is O=C(CSc1nnc(-c2ccncc2)n1C[C@H]1CCCO1)N1CCCC1. The highest BCUT2D eigenvalue weighted by Crippen LogP contribution is 2.26. The summed E-state index contributed by atoms with van der Waals surface area (Å²) in [4.78, 5) is 18.4. The van der Waals surface area contributed by atoms with Crippen molar-refractivity contribution in [3.63, 3.8) is 0 Å². The normalized spacial score (nSPS) is 20.0. The van der Waals surface area contributed by atoms with Crippen LogP contribution in [0.25, 0.3) is 11.4 Å². The van der Waals surface area contributed by atoms with E-state index in [0.29, 0.717) is 12.3 Å². The van der Waals surface area contributed by atoms with E-state index in [4.69, 9.17) is 4.74 Å². The van der Waals surface area contributed by atoms with Crippen LogP contribution < -0.4 is 0 Å². The maximum absolute atomic E-state index is 12.4. The third-order valence-corrected chi connectivity index (χ3v) is 5.80. The van der Waals surface area contributed by atoms with Gasteiger partial charge in [0.1, 0.15) is 0 Å². The molecule has 2 aliphatic rings. The molecule has 0 spiro atoms. The largest absolute Gasteiger partial charge is 0.376 e. The number of hydrogen-bond acceptors (Lipinski definition) is 6. The molecule has 2 fully saturated rings. The zero-order chi connectivity index (χ0) is 17.8. The maximum atomic E-state index is 12.4. The molecule has 2 aromatic rings. The molecule has 0 aromatic carbocycles. The molecule has 2 aromatic heterocycles. The molecule has 4 heterocycles. The van der Waals surface area contributed by atoms with Gasteiger partial charge >= 0.3 is 0 Å². The van der Waals surface area contributed by atoms with Crippen LogP contribution in [0.4, 0.5) is 0 Å². The first-order valence-corrected chi connectivity index (χ1v) is 10.2. The summed E-state index contributed by atoms with van der Waals surface area (Å²) in [6.45, 7) is 3.28. The summed E-state index contributed by atoms with van der Waals surface area (Å²) in [5.41, 5.74) is 0.975. The predicted molar refractivity (Wildman–Crippen MR) is 98.8 cm³/mol. The lowest BCUT2D eigenvalue weighted by atomic mass is 10.2. The second-order valence-electron chi connectivity index (χ2n) is 6.66. The van der Waals surface area contributed by atoms with Crippen LogP contribution in [0.2, 0.25) is 0 Å². The minimum Gasteiger partial charge on any atom is -0.376 e. The highest BCUT2D eigenvalue weighted by molar-refractivity contribution is 7.99. The van der Waals surface area contributed by atoms with Crippen molar-refractivity contribution in [3.05, 3.63) is 24.5 Å². The van der Waals surface area contributed by atoms with E-state index in [-0.39, 0.29) is 12.0 Å². The van der Waals surface area contributed by atoms with E-state index in [2.05, 4.69) is 19.7 Å². The van der Waals surface area contributed by atoms with Gasteiger partial charge in [0.2, 0.25) is 5.91 Å². The zero-order valence-corrected chi connectivity index (χ0v) is 15.5. The minimum atomic E-state index is 0.181. The third kappa shape index (κ3) is 3.91. The average Bonchev–Trinajstić information content (AvgIpc) is 3.43. The van der Waals surface area contributed by atoms with Gasteiger partial charge in [-0.25, -0.2) is 0 Å². The number of amides is 1. The Labute approximate surface area is 157 Å². The van der Waals surface area contributed by atoms with Gasteiger partial charge in [0.15, 0.2) is 11.0 Å². The molecule has 0 aliphatic carbocycles. The molecular weight excluding hydrogens is 350 g/mol. The first-order chi connectivity index (χ1) is 12.8. The fourth-order valence-corrected chi connectivity index (χ4v) is 4.30. The zero-order valence-electron chi connectivity index (χ0n) is 14.7. The van der Waals surface area contributed by atoms with E-state index in [1.54, 1.807) is 12.4 Å². The first-order valence-electron chi connectivity index (χ1n) is 9.17. The van der Waals surface area contributed by atoms with Crippen molar-refractivity contribution in [2.45, 2.75) is 43.5 Å². The quantitative estimate of drug-likeness (QED) is 0.723. The molecule has 8 heteroatoms. The van der Waals surface area contributed by atoms with Crippen molar-refractivity contribution in [2.75, 3.05) is 25.4 Å². The van der Waals surface area contributed by atoms with Gasteiger partial charge in [-0.2, -0.15) is 0 Å². The molecule has 4 rings (SSSR count). The van der Waals surface area contributed by atoms with Crippen molar-refractivity contribution in [3.8, 4) is 11.4 Å². The predicted octanol–water partition coefficient (Wildman–Crippen LogP) is 2.23. The van der Waals surface area contributed by atoms with Crippen molar-refractivity contribution in [1.82, 2.24) is 24.6 Å². The second-order valence-corrected chi connectivity index (χ2v) is 7.61. The average molecular weight is 373 g/mol. The highest BCUT2D eigenvalue weighted by atomic mass is 32.2. The number of likely N-dealkylation sites (tertiary alicyclic amines) is 1. The lowest BCUT2D eigenvalue weighted by molar-refractivity contribution is -0.127. The van der Waals surface area contributed by atoms with Gasteiger partial charge in [-0.15, -0.1) is 10.2 Å². The Kier molecular flexibility index (Phi) is 5.50. The molecule has 0 radical (unpaired) electrons. The van der Waals surface area contributed by atoms with E-state index >= 15 is 0 Å². The molecule has 138 valence electrons. The van der Waals surface area contributed by atoms with Crippen LogP contribution in [0.3, 0.4) is 0 Å². The fourth-order valence-electron chi connectivity index (χ4n) is 3.45. The molecule has 1 atom stereocenters. The number of rotatable bonds is 6. The van der Waals surface area contributed by atoms with Crippen LogP contribution in [0, 0.1) is 0 Å². The Balaban J connectivity index is 1.53. The molecule has 26 heavy (non-hydrogen) atoms. The van der Waals surface area contributed by atoms with Crippen LogP contribution >= 0.6 is 11.8 Å². The number of carbonyl (C=O) groups is 1. The summed E-state index contributed by atoms with van der Waals surface area (Å²) < 4.78 is 7.90. The number of pyridine rings is 1. The van der Waals surface area contributed by atoms with Crippen LogP contribution in [0.5, 0.6) is 0 Å². The Morgan fingerprint density at radius 1 is 1.19 bits per heavy atom. The topological polar surface area (TPSA) is 73.1 Å². The monoisotopic (exact) mass is 373 g/mol. The molecule has 0 N–H and O–H groups in total. The summed E-state index contributed by atoms with van der Waals surface area (Å²) in [6.07, 6.45) is 8.04. The molecule has 0 saturated carbocycles. The van der Waals surface area contributed by atoms with Crippen LogP contribution in [0.15, 0.2) is 29.7 Å². The molecule has 0 unspecified atom stereocenters. The van der Waals surface area contributed by atoms with E-state index in [9.17, 15) is 4.79 Å². The van der Waals surface area contributed by atoms with Gasteiger partial charge in [0, 0.05) is 37.7 Å². The summed E-state index contributed by atoms with van der Waals surface area (Å²) in [5.74, 6) is 1.39. The Morgan fingerprint density at radius 3 is 2.73 bits per heavy atom. The summed E-state index contributed by atoms with van der Waals surface area (Å²) in [6, 6.07) is 3.86. The number of nitrogens with zero attached hydrogens (tertiary/aromatic N) is 5. The van der Waals surface area contributed by atoms with Gasteiger partial charge in [-0.05, 0) is 37.8 Å². The highest BCUT2D eigenvalue weighted by Gasteiger charge is 2.23. The Bertz CT molecular complexity index is 739. The third-order valence-electron chi connectivity index (χ3n) is 4.85. The second kappa shape index (κ2) is 8.18. The van der Waals surface area contributed by atoms with Crippen LogP contribution in [-0.2, 0) is 16.1 Å². The minimum absolute atomic E-state index is 0.181. The standard InChI is InChI=1S/C18H23N5O2S/c24-16(22-9-1-2-10-22)13-26-18-21-20-17(14-5-7-19-8-6-14)23(18)12-15-4-3-11-25-15/h5-8,15H,1-4,9-13H2/t15-/m1/s1. The van der Waals surface area contributed by atoms with Crippen molar-refractivity contribution in [2.24, 2.45) is 0 Å². The first kappa shape index (κ1) is 17.5. The lowest BCUT2D eigenvalue weighted by Crippen LogP contribution is -2.29. The Hall–Kier alpha value is -1.93. The molecule has 1 amide bonds. The molecule has 2 saturated heterocycles. The van der Waals surface area contributed by atoms with Gasteiger partial charge in [-0.3, -0.25) is 14.3 Å². The molecule has 2 aliphatic heterocycles. The number of thioether (sulfide) groups is 1. The fraction of sp³-hybridized carbons (Fsp3) is 0.556. The smallest absolute Gasteiger partial charge is 0.233 e. The van der Waals surface area contributed by atoms with Crippen LogP contribution in [-0.4, -0.2) is 62.1 Å². The van der Waals surface area contributed by atoms with E-state index < -0.39 is 0 Å². The van der Waals surface area contributed by atoms with E-state index in [0.717, 1.165) is 61.9 Å². The molecule has 7 nitrogen and oxygen atoms in total. The molecule has 0 bridgehead atoms. The van der Waals surface area contributed by atoms with Gasteiger partial charge in [0.05, 0.1) is 18.4 Å². The lowest BCUT2D eigenvalue weighted by Gasteiger charge is -2.16. The van der Waals surface area contributed by atoms with E-state index in [1.807, 2.05) is 17.0 Å². The van der Waals surface area contributed by atoms with Crippen molar-refractivity contribution in [1.29, 1.82) is 0 Å². The summed E-state index contributed by atoms with van der Waals surface area (Å²) in [7, 11) is 0. The Morgan fingerprint density at radius 2 is 2.00 bits per heavy atom. The van der Waals surface area contributed by atoms with Gasteiger partial charge < -0.3 is 9.64 Å². The number of carbonyl (C=O) groups excluding carboxylic acids is 1. The number of hydrogen-bond donors (Lipinski definition) is 0. The van der Waals surface area contributed by atoms with Crippen molar-refractivity contribution < 1.29 is 9.53 Å². The van der Waals surface area contributed by atoms with Gasteiger partial charge in [0.25, 0.3) is 0 Å². The van der Waals surface area contributed by atoms with Crippen LogP contribution in [0.1, 0.15) is 25.7 Å².